The average Bonchev–Trinajstić information content (AvgIpc) is 2.49. The van der Waals surface area contributed by atoms with Crippen molar-refractivity contribution in [2.45, 2.75) is 82.4 Å². The summed E-state index contributed by atoms with van der Waals surface area (Å²) in [6, 6.07) is 0. The van der Waals surface area contributed by atoms with Gasteiger partial charge in [0.05, 0.1) is 12.7 Å². The largest absolute Gasteiger partial charge is 0.453 e. The van der Waals surface area contributed by atoms with Crippen molar-refractivity contribution in [3.63, 3.8) is 0 Å². The van der Waals surface area contributed by atoms with Crippen LogP contribution in [-0.4, -0.2) is 38.0 Å². The molecule has 0 bridgehead atoms. The molecule has 23 heavy (non-hydrogen) atoms. The minimum absolute atomic E-state index is 0.0952. The van der Waals surface area contributed by atoms with Gasteiger partial charge in [0.2, 0.25) is 0 Å². The summed E-state index contributed by atoms with van der Waals surface area (Å²) in [7, 11) is 0. The maximum Gasteiger partial charge on any atom is 0.453 e. The lowest BCUT2D eigenvalue weighted by Gasteiger charge is -2.22. The normalized spacial score (nSPS) is 20.0. The smallest absolute Gasteiger partial charge is 0.379 e. The Balaban J connectivity index is 1.86. The van der Waals surface area contributed by atoms with Gasteiger partial charge in [-0.1, -0.05) is 25.7 Å². The molecule has 0 amide bonds. The minimum atomic E-state index is -5.42. The lowest BCUT2D eigenvalue weighted by atomic mass is 10.1. The number of rotatable bonds is 11. The molecule has 0 radical (unpaired) electrons. The van der Waals surface area contributed by atoms with Gasteiger partial charge in [-0.15, -0.1) is 0 Å². The lowest BCUT2D eigenvalue weighted by Crippen LogP contribution is -2.36. The summed E-state index contributed by atoms with van der Waals surface area (Å²) in [5.74, 6) is -4.55. The third-order valence-corrected chi connectivity index (χ3v) is 4.02. The van der Waals surface area contributed by atoms with Crippen LogP contribution in [0.4, 0.5) is 22.0 Å². The molecular formula is C16H27F5O2. The highest BCUT2D eigenvalue weighted by atomic mass is 19.4. The molecule has 1 rings (SSSR count). The Labute approximate surface area is 134 Å². The molecule has 1 atom stereocenters. The van der Waals surface area contributed by atoms with E-state index < -0.39 is 18.5 Å². The molecule has 0 saturated carbocycles. The average molecular weight is 346 g/mol. The van der Waals surface area contributed by atoms with Crippen molar-refractivity contribution in [2.75, 3.05) is 19.8 Å². The second-order valence-electron chi connectivity index (χ2n) is 6.14. The predicted molar refractivity (Wildman–Crippen MR) is 77.7 cm³/mol. The van der Waals surface area contributed by atoms with Crippen molar-refractivity contribution in [1.29, 1.82) is 0 Å². The van der Waals surface area contributed by atoms with Crippen molar-refractivity contribution >= 4 is 0 Å². The molecule has 1 aliphatic heterocycles. The first kappa shape index (κ1) is 20.6. The fraction of sp³-hybridized carbons (Fsp3) is 1.00. The van der Waals surface area contributed by atoms with E-state index in [1.165, 1.54) is 6.42 Å². The molecule has 0 N–H and O–H groups in total. The first-order valence-electron chi connectivity index (χ1n) is 8.47. The topological polar surface area (TPSA) is 18.5 Å². The molecule has 0 aliphatic carbocycles. The Morgan fingerprint density at radius 1 is 0.870 bits per heavy atom. The molecule has 1 aliphatic rings. The molecular weight excluding hydrogens is 319 g/mol. The van der Waals surface area contributed by atoms with E-state index in [1.54, 1.807) is 0 Å². The Morgan fingerprint density at radius 3 is 2.13 bits per heavy atom. The van der Waals surface area contributed by atoms with Gasteiger partial charge < -0.3 is 9.47 Å². The van der Waals surface area contributed by atoms with Crippen molar-refractivity contribution < 1.29 is 31.4 Å². The molecule has 0 aromatic rings. The van der Waals surface area contributed by atoms with Crippen molar-refractivity contribution in [3.8, 4) is 0 Å². The molecule has 1 unspecified atom stereocenters. The third-order valence-electron chi connectivity index (χ3n) is 4.02. The van der Waals surface area contributed by atoms with Gasteiger partial charge in [0, 0.05) is 19.6 Å². The molecule has 1 saturated heterocycles. The maximum atomic E-state index is 12.6. The number of unbranched alkanes of at least 4 members (excludes halogenated alkanes) is 5. The highest BCUT2D eigenvalue weighted by molar-refractivity contribution is 4.75. The van der Waals surface area contributed by atoms with Crippen molar-refractivity contribution in [1.82, 2.24) is 0 Å². The van der Waals surface area contributed by atoms with Crippen LogP contribution in [0.3, 0.4) is 0 Å². The van der Waals surface area contributed by atoms with E-state index in [0.29, 0.717) is 26.1 Å². The summed E-state index contributed by atoms with van der Waals surface area (Å²) in [5.41, 5.74) is 0. The third kappa shape index (κ3) is 8.84. The van der Waals surface area contributed by atoms with Gasteiger partial charge in [0.1, 0.15) is 0 Å². The number of hydrogen-bond acceptors (Lipinski definition) is 2. The second-order valence-corrected chi connectivity index (χ2v) is 6.14. The molecule has 0 aromatic heterocycles. The van der Waals surface area contributed by atoms with Gasteiger partial charge in [0.25, 0.3) is 0 Å². The maximum absolute atomic E-state index is 12.6. The number of ether oxygens (including phenoxy) is 2. The van der Waals surface area contributed by atoms with Crippen molar-refractivity contribution in [3.05, 3.63) is 0 Å². The van der Waals surface area contributed by atoms with E-state index in [0.717, 1.165) is 38.7 Å². The van der Waals surface area contributed by atoms with Crippen molar-refractivity contribution in [2.24, 2.45) is 0 Å². The van der Waals surface area contributed by atoms with E-state index in [9.17, 15) is 22.0 Å². The van der Waals surface area contributed by atoms with Crippen LogP contribution < -0.4 is 0 Å². The van der Waals surface area contributed by atoms with Gasteiger partial charge >= 0.3 is 12.1 Å². The Bertz CT molecular complexity index is 301. The van der Waals surface area contributed by atoms with E-state index in [2.05, 4.69) is 0 Å². The second kappa shape index (κ2) is 10.4. The fourth-order valence-electron chi connectivity index (χ4n) is 2.55. The monoisotopic (exact) mass is 346 g/mol. The first-order valence-corrected chi connectivity index (χ1v) is 8.47. The summed E-state index contributed by atoms with van der Waals surface area (Å²) >= 11 is 0. The van der Waals surface area contributed by atoms with Crippen LogP contribution in [0.25, 0.3) is 0 Å². The molecule has 138 valence electrons. The standard InChI is InChI=1S/C16H27F5O2/c17-15(18,16(19,20)21)10-6-3-1-2-4-7-11-22-13-14-9-5-8-12-23-14/h14H,1-13H2. The van der Waals surface area contributed by atoms with Crippen LogP contribution in [0.2, 0.25) is 0 Å². The lowest BCUT2D eigenvalue weighted by molar-refractivity contribution is -0.284. The Kier molecular flexibility index (Phi) is 9.36. The van der Waals surface area contributed by atoms with E-state index in [-0.39, 0.29) is 12.5 Å². The summed E-state index contributed by atoms with van der Waals surface area (Å²) in [6.07, 6.45) is 0.625. The zero-order valence-electron chi connectivity index (χ0n) is 13.5. The van der Waals surface area contributed by atoms with Crippen LogP contribution in [0.5, 0.6) is 0 Å². The number of hydrogen-bond donors (Lipinski definition) is 0. The molecule has 1 heterocycles. The highest BCUT2D eigenvalue weighted by Crippen LogP contribution is 2.39. The number of alkyl halides is 5. The van der Waals surface area contributed by atoms with Crippen LogP contribution in [0.15, 0.2) is 0 Å². The molecule has 1 fully saturated rings. The summed E-state index contributed by atoms with van der Waals surface area (Å²) in [5, 5.41) is 0. The zero-order chi connectivity index (χ0) is 17.2. The number of halogens is 5. The van der Waals surface area contributed by atoms with E-state index >= 15 is 0 Å². The minimum Gasteiger partial charge on any atom is -0.379 e. The summed E-state index contributed by atoms with van der Waals surface area (Å²) in [4.78, 5) is 0. The first-order chi connectivity index (χ1) is 10.8. The summed E-state index contributed by atoms with van der Waals surface area (Å²) < 4.78 is 72.2. The Hall–Kier alpha value is -0.430. The van der Waals surface area contributed by atoms with Gasteiger partial charge in [-0.05, 0) is 32.1 Å². The fourth-order valence-corrected chi connectivity index (χ4v) is 2.55. The van der Waals surface area contributed by atoms with Gasteiger partial charge in [-0.25, -0.2) is 0 Å². The highest BCUT2D eigenvalue weighted by Gasteiger charge is 2.56. The van der Waals surface area contributed by atoms with Gasteiger partial charge in [-0.2, -0.15) is 22.0 Å². The quantitative estimate of drug-likeness (QED) is 0.363. The van der Waals surface area contributed by atoms with Crippen LogP contribution >= 0.6 is 0 Å². The summed E-state index contributed by atoms with van der Waals surface area (Å²) in [6.45, 7) is 2.07. The van der Waals surface area contributed by atoms with E-state index in [4.69, 9.17) is 9.47 Å². The predicted octanol–water partition coefficient (Wildman–Crippen LogP) is 5.50. The van der Waals surface area contributed by atoms with Gasteiger partial charge in [0.15, 0.2) is 0 Å². The SMILES string of the molecule is FC(F)(F)C(F)(F)CCCCCCCCOCC1CCCCO1. The zero-order valence-corrected chi connectivity index (χ0v) is 13.5. The molecule has 0 spiro atoms. The van der Waals surface area contributed by atoms with Crippen LogP contribution in [0.1, 0.15) is 64.2 Å². The molecule has 0 aromatic carbocycles. The van der Waals surface area contributed by atoms with E-state index in [1.807, 2.05) is 0 Å². The van der Waals surface area contributed by atoms with Gasteiger partial charge in [-0.3, -0.25) is 0 Å². The molecule has 7 heteroatoms. The molecule has 2 nitrogen and oxygen atoms in total. The Morgan fingerprint density at radius 2 is 1.52 bits per heavy atom. The van der Waals surface area contributed by atoms with Crippen LogP contribution in [-0.2, 0) is 9.47 Å². The van der Waals surface area contributed by atoms with Crippen LogP contribution in [0, 0.1) is 0 Å².